The number of nitriles is 1. The summed E-state index contributed by atoms with van der Waals surface area (Å²) >= 11 is 3.16. The number of aromatic nitrogens is 2. The maximum Gasteiger partial charge on any atom is 0.186 e. The minimum atomic E-state index is 0.561. The van der Waals surface area contributed by atoms with Gasteiger partial charge in [0.2, 0.25) is 0 Å². The number of nitrogens with zero attached hydrogens (tertiary/aromatic N) is 4. The summed E-state index contributed by atoms with van der Waals surface area (Å²) in [4.78, 5) is 12.8. The van der Waals surface area contributed by atoms with Gasteiger partial charge < -0.3 is 9.64 Å². The number of para-hydroxylation sites is 1. The van der Waals surface area contributed by atoms with E-state index in [1.807, 2.05) is 48.5 Å². The number of hydrogen-bond acceptors (Lipinski definition) is 7. The van der Waals surface area contributed by atoms with Crippen molar-refractivity contribution in [1.29, 1.82) is 5.26 Å². The van der Waals surface area contributed by atoms with Crippen molar-refractivity contribution in [2.24, 2.45) is 0 Å². The first-order valence-corrected chi connectivity index (χ1v) is 11.3. The van der Waals surface area contributed by atoms with Gasteiger partial charge in [-0.05, 0) is 18.2 Å². The predicted octanol–water partition coefficient (Wildman–Crippen LogP) is 5.32. The van der Waals surface area contributed by atoms with Gasteiger partial charge in [0, 0.05) is 18.7 Å². The lowest BCUT2D eigenvalue weighted by Crippen LogP contribution is -2.36. The Morgan fingerprint density at radius 1 is 1.00 bits per heavy atom. The SMILES string of the molecule is N#C/C(=C/c1sc(N2CCOCC2)nc1-c1ccccc1)c1nc2ccccc2s1. The summed E-state index contributed by atoms with van der Waals surface area (Å²) in [5.41, 5.74) is 3.42. The molecular weight excluding hydrogens is 412 g/mol. The normalized spacial score (nSPS) is 14.8. The number of thiazole rings is 2. The summed E-state index contributed by atoms with van der Waals surface area (Å²) in [7, 11) is 0. The Kier molecular flexibility index (Phi) is 5.28. The monoisotopic (exact) mass is 430 g/mol. The third kappa shape index (κ3) is 3.73. The van der Waals surface area contributed by atoms with Crippen LogP contribution in [0.1, 0.15) is 9.88 Å². The fourth-order valence-electron chi connectivity index (χ4n) is 3.37. The summed E-state index contributed by atoms with van der Waals surface area (Å²) in [5, 5.41) is 11.6. The number of morpholine rings is 1. The van der Waals surface area contributed by atoms with Crippen LogP contribution in [0.5, 0.6) is 0 Å². The van der Waals surface area contributed by atoms with Crippen LogP contribution in [0.2, 0.25) is 0 Å². The average molecular weight is 431 g/mol. The molecule has 1 saturated heterocycles. The molecule has 0 radical (unpaired) electrons. The topological polar surface area (TPSA) is 62.0 Å². The van der Waals surface area contributed by atoms with Crippen LogP contribution in [-0.4, -0.2) is 36.3 Å². The largest absolute Gasteiger partial charge is 0.378 e. The lowest BCUT2D eigenvalue weighted by Gasteiger charge is -2.26. The summed E-state index contributed by atoms with van der Waals surface area (Å²) in [6.45, 7) is 3.07. The molecular formula is C23H18N4OS2. The average Bonchev–Trinajstić information content (AvgIpc) is 3.43. The van der Waals surface area contributed by atoms with E-state index in [1.54, 1.807) is 22.7 Å². The molecule has 0 bridgehead atoms. The van der Waals surface area contributed by atoms with E-state index in [9.17, 15) is 5.26 Å². The molecule has 7 heteroatoms. The van der Waals surface area contributed by atoms with E-state index in [1.165, 1.54) is 0 Å². The maximum atomic E-state index is 9.89. The number of fused-ring (bicyclic) bond motifs is 1. The first-order chi connectivity index (χ1) is 14.8. The number of allylic oxidation sites excluding steroid dienone is 1. The summed E-state index contributed by atoms with van der Waals surface area (Å²) in [6, 6.07) is 20.4. The van der Waals surface area contributed by atoms with Crippen molar-refractivity contribution in [3.8, 4) is 17.3 Å². The number of ether oxygens (including phenoxy) is 1. The molecule has 5 rings (SSSR count). The lowest BCUT2D eigenvalue weighted by molar-refractivity contribution is 0.122. The van der Waals surface area contributed by atoms with Gasteiger partial charge >= 0.3 is 0 Å². The molecule has 2 aromatic heterocycles. The summed E-state index contributed by atoms with van der Waals surface area (Å²) in [5.74, 6) is 0. The van der Waals surface area contributed by atoms with Gasteiger partial charge in [-0.3, -0.25) is 0 Å². The number of hydrogen-bond donors (Lipinski definition) is 0. The zero-order valence-corrected chi connectivity index (χ0v) is 17.7. The predicted molar refractivity (Wildman–Crippen MR) is 124 cm³/mol. The standard InChI is InChI=1S/C23H18N4OS2/c24-15-17(22-25-18-8-4-5-9-19(18)29-22)14-20-21(16-6-2-1-3-7-16)26-23(30-20)27-10-12-28-13-11-27/h1-9,14H,10-13H2/b17-14-. The first kappa shape index (κ1) is 18.9. The maximum absolute atomic E-state index is 9.89. The van der Waals surface area contributed by atoms with Gasteiger partial charge in [0.15, 0.2) is 5.13 Å². The molecule has 1 fully saturated rings. The molecule has 30 heavy (non-hydrogen) atoms. The van der Waals surface area contributed by atoms with E-state index in [4.69, 9.17) is 9.72 Å². The number of anilines is 1. The quantitative estimate of drug-likeness (QED) is 0.410. The fourth-order valence-corrected chi connectivity index (χ4v) is 5.39. The van der Waals surface area contributed by atoms with E-state index in [-0.39, 0.29) is 0 Å². The molecule has 0 amide bonds. The third-order valence-electron chi connectivity index (χ3n) is 4.89. The van der Waals surface area contributed by atoms with Gasteiger partial charge in [0.1, 0.15) is 11.1 Å². The van der Waals surface area contributed by atoms with Gasteiger partial charge in [-0.1, -0.05) is 53.8 Å². The summed E-state index contributed by atoms with van der Waals surface area (Å²) in [6.07, 6.45) is 1.93. The van der Waals surface area contributed by atoms with Gasteiger partial charge in [0.25, 0.3) is 0 Å². The lowest BCUT2D eigenvalue weighted by atomic mass is 10.1. The summed E-state index contributed by atoms with van der Waals surface area (Å²) < 4.78 is 6.56. The molecule has 2 aromatic carbocycles. The van der Waals surface area contributed by atoms with Crippen molar-refractivity contribution >= 4 is 49.7 Å². The van der Waals surface area contributed by atoms with Crippen molar-refractivity contribution in [1.82, 2.24) is 9.97 Å². The van der Waals surface area contributed by atoms with E-state index < -0.39 is 0 Å². The molecule has 0 aliphatic carbocycles. The molecule has 148 valence electrons. The van der Waals surface area contributed by atoms with Gasteiger partial charge in [-0.25, -0.2) is 9.97 Å². The van der Waals surface area contributed by atoms with Crippen LogP contribution >= 0.6 is 22.7 Å². The van der Waals surface area contributed by atoms with Gasteiger partial charge in [-0.2, -0.15) is 5.26 Å². The molecule has 0 atom stereocenters. The van der Waals surface area contributed by atoms with E-state index in [0.29, 0.717) is 18.8 Å². The molecule has 0 N–H and O–H groups in total. The molecule has 5 nitrogen and oxygen atoms in total. The first-order valence-electron chi connectivity index (χ1n) is 9.68. The van der Waals surface area contributed by atoms with Crippen LogP contribution in [0.25, 0.3) is 33.1 Å². The molecule has 0 unspecified atom stereocenters. The highest BCUT2D eigenvalue weighted by Gasteiger charge is 2.20. The van der Waals surface area contributed by atoms with Crippen LogP contribution in [0.3, 0.4) is 0 Å². The van der Waals surface area contributed by atoms with Gasteiger partial charge in [0.05, 0.1) is 39.6 Å². The minimum absolute atomic E-state index is 0.561. The van der Waals surface area contributed by atoms with Crippen molar-refractivity contribution < 1.29 is 4.74 Å². The molecule has 0 spiro atoms. The highest BCUT2D eigenvalue weighted by molar-refractivity contribution is 7.20. The molecule has 0 saturated carbocycles. The zero-order chi connectivity index (χ0) is 20.3. The Morgan fingerprint density at radius 2 is 1.77 bits per heavy atom. The van der Waals surface area contributed by atoms with Crippen LogP contribution in [-0.2, 0) is 4.74 Å². The van der Waals surface area contributed by atoms with Crippen LogP contribution in [0, 0.1) is 11.3 Å². The van der Waals surface area contributed by atoms with Gasteiger partial charge in [-0.15, -0.1) is 11.3 Å². The van der Waals surface area contributed by atoms with Crippen LogP contribution in [0.15, 0.2) is 54.6 Å². The smallest absolute Gasteiger partial charge is 0.186 e. The number of benzene rings is 2. The molecule has 3 heterocycles. The Balaban J connectivity index is 1.60. The minimum Gasteiger partial charge on any atom is -0.378 e. The Hall–Kier alpha value is -3.05. The second-order valence-electron chi connectivity index (χ2n) is 6.83. The second kappa shape index (κ2) is 8.36. The van der Waals surface area contributed by atoms with Crippen molar-refractivity contribution in [2.45, 2.75) is 0 Å². The van der Waals surface area contributed by atoms with Crippen molar-refractivity contribution in [3.63, 3.8) is 0 Å². The van der Waals surface area contributed by atoms with E-state index >= 15 is 0 Å². The zero-order valence-electron chi connectivity index (χ0n) is 16.1. The van der Waals surface area contributed by atoms with Crippen molar-refractivity contribution in [3.05, 3.63) is 64.5 Å². The van der Waals surface area contributed by atoms with Crippen LogP contribution in [0.4, 0.5) is 5.13 Å². The van der Waals surface area contributed by atoms with E-state index in [0.717, 1.165) is 49.6 Å². The molecule has 1 aliphatic heterocycles. The fraction of sp³-hybridized carbons (Fsp3) is 0.174. The third-order valence-corrected chi connectivity index (χ3v) is 7.02. The Morgan fingerprint density at radius 3 is 2.53 bits per heavy atom. The van der Waals surface area contributed by atoms with Crippen molar-refractivity contribution in [2.75, 3.05) is 31.2 Å². The van der Waals surface area contributed by atoms with Crippen LogP contribution < -0.4 is 4.90 Å². The Labute approximate surface area is 182 Å². The second-order valence-corrected chi connectivity index (χ2v) is 8.87. The molecule has 1 aliphatic rings. The highest BCUT2D eigenvalue weighted by Crippen LogP contribution is 2.37. The highest BCUT2D eigenvalue weighted by atomic mass is 32.1. The molecule has 4 aromatic rings. The Bertz CT molecular complexity index is 1210. The van der Waals surface area contributed by atoms with E-state index in [2.05, 4.69) is 28.1 Å². The number of rotatable bonds is 4.